The number of amides is 2. The molecule has 0 aromatic heterocycles. The first-order valence-electron chi connectivity index (χ1n) is 9.37. The number of carbonyl (C=O) groups is 1. The molecule has 2 aliphatic rings. The smallest absolute Gasteiger partial charge is 0.317 e. The van der Waals surface area contributed by atoms with Crippen molar-refractivity contribution in [3.05, 3.63) is 34.6 Å². The predicted octanol–water partition coefficient (Wildman–Crippen LogP) is 2.36. The van der Waals surface area contributed by atoms with Gasteiger partial charge in [-0.2, -0.15) is 0 Å². The van der Waals surface area contributed by atoms with Crippen molar-refractivity contribution in [1.29, 1.82) is 0 Å². The van der Waals surface area contributed by atoms with Gasteiger partial charge in [-0.1, -0.05) is 17.7 Å². The molecule has 8 heteroatoms. The van der Waals surface area contributed by atoms with Gasteiger partial charge in [-0.05, 0) is 18.6 Å². The van der Waals surface area contributed by atoms with Crippen molar-refractivity contribution in [1.82, 2.24) is 15.1 Å². The predicted molar refractivity (Wildman–Crippen MR) is 101 cm³/mol. The first kappa shape index (κ1) is 20.3. The average molecular weight is 400 g/mol. The topological polar surface area (TPSA) is 54.0 Å². The molecule has 2 saturated heterocycles. The molecule has 1 aromatic carbocycles. The van der Waals surface area contributed by atoms with Gasteiger partial charge < -0.3 is 19.7 Å². The Hall–Kier alpha value is -1.41. The number of rotatable bonds is 6. The average Bonchev–Trinajstić information content (AvgIpc) is 3.20. The van der Waals surface area contributed by atoms with Crippen LogP contribution in [0.5, 0.6) is 0 Å². The fraction of sp³-hybridized carbons (Fsp3) is 0.632. The van der Waals surface area contributed by atoms with Crippen LogP contribution in [-0.4, -0.2) is 75.0 Å². The highest BCUT2D eigenvalue weighted by molar-refractivity contribution is 6.31. The van der Waals surface area contributed by atoms with Crippen LogP contribution in [0.4, 0.5) is 9.18 Å². The molecule has 27 heavy (non-hydrogen) atoms. The maximum atomic E-state index is 14.0. The van der Waals surface area contributed by atoms with Gasteiger partial charge in [-0.15, -0.1) is 0 Å². The SMILES string of the molecule is CN(Cc1c(F)cccc1Cl)C(=O)NCC(C1CCOC1)N1CCOCC1. The number of nitrogens with one attached hydrogen (secondary N) is 1. The Morgan fingerprint density at radius 3 is 2.81 bits per heavy atom. The van der Waals surface area contributed by atoms with Crippen LogP contribution in [0.2, 0.25) is 5.02 Å². The highest BCUT2D eigenvalue weighted by Crippen LogP contribution is 2.22. The molecule has 0 spiro atoms. The van der Waals surface area contributed by atoms with E-state index in [0.717, 1.165) is 32.7 Å². The quantitative estimate of drug-likeness (QED) is 0.797. The third-order valence-corrected chi connectivity index (χ3v) is 5.64. The van der Waals surface area contributed by atoms with Gasteiger partial charge in [0.05, 0.1) is 26.4 Å². The van der Waals surface area contributed by atoms with Gasteiger partial charge >= 0.3 is 6.03 Å². The zero-order chi connectivity index (χ0) is 19.2. The minimum atomic E-state index is -0.406. The van der Waals surface area contributed by atoms with Crippen molar-refractivity contribution in [2.45, 2.75) is 19.0 Å². The van der Waals surface area contributed by atoms with Crippen LogP contribution < -0.4 is 5.32 Å². The van der Waals surface area contributed by atoms with Crippen molar-refractivity contribution < 1.29 is 18.7 Å². The monoisotopic (exact) mass is 399 g/mol. The molecule has 2 heterocycles. The van der Waals surface area contributed by atoms with Gasteiger partial charge in [-0.3, -0.25) is 4.90 Å². The van der Waals surface area contributed by atoms with Gasteiger partial charge in [0, 0.05) is 55.8 Å². The van der Waals surface area contributed by atoms with Crippen molar-refractivity contribution in [3.8, 4) is 0 Å². The minimum absolute atomic E-state index is 0.117. The Balaban J connectivity index is 1.57. The van der Waals surface area contributed by atoms with E-state index in [1.807, 2.05) is 0 Å². The number of nitrogens with zero attached hydrogens (tertiary/aromatic N) is 2. The van der Waals surface area contributed by atoms with E-state index in [-0.39, 0.29) is 18.6 Å². The number of hydrogen-bond acceptors (Lipinski definition) is 4. The fourth-order valence-electron chi connectivity index (χ4n) is 3.68. The molecular weight excluding hydrogens is 373 g/mol. The molecule has 2 atom stereocenters. The van der Waals surface area contributed by atoms with Crippen LogP contribution >= 0.6 is 11.6 Å². The molecular formula is C19H27ClFN3O3. The summed E-state index contributed by atoms with van der Waals surface area (Å²) in [6, 6.07) is 4.50. The van der Waals surface area contributed by atoms with E-state index in [0.29, 0.717) is 36.3 Å². The molecule has 150 valence electrons. The number of urea groups is 1. The van der Waals surface area contributed by atoms with E-state index in [1.54, 1.807) is 19.2 Å². The van der Waals surface area contributed by atoms with Crippen molar-refractivity contribution in [3.63, 3.8) is 0 Å². The van der Waals surface area contributed by atoms with Crippen LogP contribution in [0.1, 0.15) is 12.0 Å². The van der Waals surface area contributed by atoms with E-state index in [9.17, 15) is 9.18 Å². The summed E-state index contributed by atoms with van der Waals surface area (Å²) < 4.78 is 25.0. The Labute approximate surface area is 164 Å². The summed E-state index contributed by atoms with van der Waals surface area (Å²) in [7, 11) is 1.64. The summed E-state index contributed by atoms with van der Waals surface area (Å²) >= 11 is 6.06. The molecule has 2 fully saturated rings. The number of morpholine rings is 1. The number of benzene rings is 1. The summed E-state index contributed by atoms with van der Waals surface area (Å²) in [4.78, 5) is 16.4. The Bertz CT molecular complexity index is 616. The summed E-state index contributed by atoms with van der Waals surface area (Å²) in [5.41, 5.74) is 0.325. The molecule has 1 aromatic rings. The second-order valence-electron chi connectivity index (χ2n) is 7.08. The summed E-state index contributed by atoms with van der Waals surface area (Å²) in [6.07, 6.45) is 0.999. The molecule has 6 nitrogen and oxygen atoms in total. The third-order valence-electron chi connectivity index (χ3n) is 5.29. The van der Waals surface area contributed by atoms with Crippen molar-refractivity contribution >= 4 is 17.6 Å². The first-order chi connectivity index (χ1) is 13.1. The highest BCUT2D eigenvalue weighted by atomic mass is 35.5. The third kappa shape index (κ3) is 5.31. The minimum Gasteiger partial charge on any atom is -0.381 e. The van der Waals surface area contributed by atoms with Crippen LogP contribution in [0.15, 0.2) is 18.2 Å². The lowest BCUT2D eigenvalue weighted by Crippen LogP contribution is -2.53. The number of hydrogen-bond donors (Lipinski definition) is 1. The Kier molecular flexibility index (Phi) is 7.29. The second kappa shape index (κ2) is 9.68. The van der Waals surface area contributed by atoms with Gasteiger partial charge in [-0.25, -0.2) is 9.18 Å². The molecule has 3 rings (SSSR count). The van der Waals surface area contributed by atoms with Crippen molar-refractivity contribution in [2.24, 2.45) is 5.92 Å². The number of carbonyl (C=O) groups excluding carboxylic acids is 1. The van der Waals surface area contributed by atoms with E-state index in [4.69, 9.17) is 21.1 Å². The van der Waals surface area contributed by atoms with Crippen molar-refractivity contribution in [2.75, 3.05) is 53.1 Å². The molecule has 0 aliphatic carbocycles. The lowest BCUT2D eigenvalue weighted by Gasteiger charge is -2.37. The summed E-state index contributed by atoms with van der Waals surface area (Å²) in [5.74, 6) is -0.00818. The Morgan fingerprint density at radius 2 is 2.15 bits per heavy atom. The zero-order valence-corrected chi connectivity index (χ0v) is 16.4. The lowest BCUT2D eigenvalue weighted by atomic mass is 9.97. The summed E-state index contributed by atoms with van der Waals surface area (Å²) in [6.45, 7) is 5.28. The number of ether oxygens (including phenoxy) is 2. The van der Waals surface area contributed by atoms with Gasteiger partial charge in [0.25, 0.3) is 0 Å². The van der Waals surface area contributed by atoms with E-state index in [1.165, 1.54) is 11.0 Å². The van der Waals surface area contributed by atoms with Gasteiger partial charge in [0.2, 0.25) is 0 Å². The maximum absolute atomic E-state index is 14.0. The molecule has 1 N–H and O–H groups in total. The van der Waals surface area contributed by atoms with Crippen LogP contribution in [0.3, 0.4) is 0 Å². The molecule has 2 unspecified atom stereocenters. The van der Waals surface area contributed by atoms with E-state index in [2.05, 4.69) is 10.2 Å². The van der Waals surface area contributed by atoms with Gasteiger partial charge in [0.15, 0.2) is 0 Å². The van der Waals surface area contributed by atoms with Crippen LogP contribution in [0, 0.1) is 11.7 Å². The van der Waals surface area contributed by atoms with E-state index >= 15 is 0 Å². The second-order valence-corrected chi connectivity index (χ2v) is 7.49. The largest absolute Gasteiger partial charge is 0.381 e. The molecule has 2 amide bonds. The lowest BCUT2D eigenvalue weighted by molar-refractivity contribution is 0.00190. The fourth-order valence-corrected chi connectivity index (χ4v) is 3.90. The van der Waals surface area contributed by atoms with E-state index < -0.39 is 5.82 Å². The standard InChI is InChI=1S/C19H27ClFN3O3/c1-23(12-15-16(20)3-2-4-17(15)21)19(25)22-11-18(14-5-8-27-13-14)24-6-9-26-10-7-24/h2-4,14,18H,5-13H2,1H3,(H,22,25). The first-order valence-corrected chi connectivity index (χ1v) is 9.75. The maximum Gasteiger partial charge on any atom is 0.317 e. The highest BCUT2D eigenvalue weighted by Gasteiger charge is 2.32. The zero-order valence-electron chi connectivity index (χ0n) is 15.6. The van der Waals surface area contributed by atoms with Crippen LogP contribution in [0.25, 0.3) is 0 Å². The summed E-state index contributed by atoms with van der Waals surface area (Å²) in [5, 5.41) is 3.32. The van der Waals surface area contributed by atoms with Crippen LogP contribution in [-0.2, 0) is 16.0 Å². The molecule has 0 radical (unpaired) electrons. The van der Waals surface area contributed by atoms with Gasteiger partial charge in [0.1, 0.15) is 5.82 Å². The Morgan fingerprint density at radius 1 is 1.37 bits per heavy atom. The molecule has 0 saturated carbocycles. The molecule has 0 bridgehead atoms. The number of halogens is 2. The molecule has 2 aliphatic heterocycles. The normalized spacial score (nSPS) is 21.8.